The van der Waals surface area contributed by atoms with E-state index in [1.807, 2.05) is 0 Å². The van der Waals surface area contributed by atoms with Crippen molar-refractivity contribution in [3.05, 3.63) is 54.0 Å². The first kappa shape index (κ1) is 17.2. The molecule has 1 aromatic carbocycles. The van der Waals surface area contributed by atoms with Crippen molar-refractivity contribution in [3.63, 3.8) is 0 Å². The van der Waals surface area contributed by atoms with Crippen LogP contribution in [0.15, 0.2) is 52.0 Å². The van der Waals surface area contributed by atoms with Gasteiger partial charge in [0.15, 0.2) is 15.6 Å². The van der Waals surface area contributed by atoms with Crippen LogP contribution in [0, 0.1) is 0 Å². The van der Waals surface area contributed by atoms with Gasteiger partial charge in [0.1, 0.15) is 0 Å². The van der Waals surface area contributed by atoms with Crippen molar-refractivity contribution in [2.75, 3.05) is 32.4 Å². The minimum absolute atomic E-state index is 0.176. The molecule has 0 aliphatic carbocycles. The minimum atomic E-state index is -3.29. The fourth-order valence-corrected chi connectivity index (χ4v) is 3.33. The zero-order valence-corrected chi connectivity index (χ0v) is 14.5. The van der Waals surface area contributed by atoms with Gasteiger partial charge in [-0.25, -0.2) is 8.42 Å². The van der Waals surface area contributed by atoms with Crippen LogP contribution in [0.2, 0.25) is 0 Å². The van der Waals surface area contributed by atoms with E-state index >= 15 is 0 Å². The molecule has 1 fully saturated rings. The lowest BCUT2D eigenvalue weighted by molar-refractivity contribution is 0.0518. The second kappa shape index (κ2) is 6.72. The van der Waals surface area contributed by atoms with Gasteiger partial charge in [-0.15, -0.1) is 0 Å². The number of piperazine rings is 1. The number of amides is 2. The van der Waals surface area contributed by atoms with Crippen LogP contribution in [0.5, 0.6) is 0 Å². The van der Waals surface area contributed by atoms with Crippen LogP contribution in [0.25, 0.3) is 0 Å². The molecule has 2 heterocycles. The van der Waals surface area contributed by atoms with Crippen molar-refractivity contribution in [1.82, 2.24) is 9.80 Å². The summed E-state index contributed by atoms with van der Waals surface area (Å²) in [6.45, 7) is 1.68. The normalized spacial score (nSPS) is 15.2. The molecule has 2 aromatic rings. The van der Waals surface area contributed by atoms with Gasteiger partial charge in [0.25, 0.3) is 11.8 Å². The lowest BCUT2D eigenvalue weighted by Crippen LogP contribution is -2.50. The third-order valence-corrected chi connectivity index (χ3v) is 5.24. The molecule has 0 N–H and O–H groups in total. The summed E-state index contributed by atoms with van der Waals surface area (Å²) in [4.78, 5) is 28.2. The third kappa shape index (κ3) is 3.74. The van der Waals surface area contributed by atoms with E-state index in [0.29, 0.717) is 31.7 Å². The van der Waals surface area contributed by atoms with Crippen molar-refractivity contribution in [3.8, 4) is 0 Å². The Hall–Kier alpha value is -2.61. The second-order valence-electron chi connectivity index (χ2n) is 5.86. The first-order valence-electron chi connectivity index (χ1n) is 7.78. The number of rotatable bonds is 3. The molecule has 1 aliphatic rings. The van der Waals surface area contributed by atoms with Crippen LogP contribution < -0.4 is 0 Å². The summed E-state index contributed by atoms with van der Waals surface area (Å²) in [5, 5.41) is 0. The fraction of sp³-hybridized carbons (Fsp3) is 0.294. The number of sulfone groups is 1. The average molecular weight is 362 g/mol. The minimum Gasteiger partial charge on any atom is -0.459 e. The molecule has 25 heavy (non-hydrogen) atoms. The van der Waals surface area contributed by atoms with Gasteiger partial charge >= 0.3 is 0 Å². The molecule has 0 bridgehead atoms. The predicted octanol–water partition coefficient (Wildman–Crippen LogP) is 1.28. The molecular weight excluding hydrogens is 344 g/mol. The quantitative estimate of drug-likeness (QED) is 0.821. The number of furan rings is 1. The van der Waals surface area contributed by atoms with Gasteiger partial charge in [0.05, 0.1) is 11.2 Å². The Morgan fingerprint density at radius 3 is 1.96 bits per heavy atom. The molecule has 0 atom stereocenters. The molecule has 0 spiro atoms. The topological polar surface area (TPSA) is 87.9 Å². The molecule has 3 rings (SSSR count). The number of hydrogen-bond donors (Lipinski definition) is 0. The van der Waals surface area contributed by atoms with Crippen molar-refractivity contribution < 1.29 is 22.4 Å². The van der Waals surface area contributed by atoms with E-state index in [9.17, 15) is 18.0 Å². The highest BCUT2D eigenvalue weighted by atomic mass is 32.2. The smallest absolute Gasteiger partial charge is 0.289 e. The Bertz CT molecular complexity index is 864. The molecule has 1 aliphatic heterocycles. The maximum atomic E-state index is 12.5. The Morgan fingerprint density at radius 2 is 1.48 bits per heavy atom. The van der Waals surface area contributed by atoms with Crippen LogP contribution >= 0.6 is 0 Å². The highest BCUT2D eigenvalue weighted by Crippen LogP contribution is 2.15. The van der Waals surface area contributed by atoms with Crippen molar-refractivity contribution >= 4 is 21.7 Å². The van der Waals surface area contributed by atoms with Crippen LogP contribution in [0.4, 0.5) is 0 Å². The van der Waals surface area contributed by atoms with Gasteiger partial charge in [0, 0.05) is 38.0 Å². The monoisotopic (exact) mass is 362 g/mol. The van der Waals surface area contributed by atoms with E-state index in [1.54, 1.807) is 21.9 Å². The summed E-state index contributed by atoms with van der Waals surface area (Å²) >= 11 is 0. The summed E-state index contributed by atoms with van der Waals surface area (Å²) in [7, 11) is -3.29. The van der Waals surface area contributed by atoms with E-state index in [1.165, 1.54) is 30.5 Å². The molecule has 0 unspecified atom stereocenters. The molecule has 1 saturated heterocycles. The number of hydrogen-bond acceptors (Lipinski definition) is 5. The van der Waals surface area contributed by atoms with Crippen molar-refractivity contribution in [1.29, 1.82) is 0 Å². The molecule has 2 amide bonds. The Kier molecular flexibility index (Phi) is 4.63. The first-order valence-corrected chi connectivity index (χ1v) is 9.67. The van der Waals surface area contributed by atoms with Crippen molar-refractivity contribution in [2.24, 2.45) is 0 Å². The largest absolute Gasteiger partial charge is 0.459 e. The Morgan fingerprint density at radius 1 is 0.920 bits per heavy atom. The van der Waals surface area contributed by atoms with Crippen LogP contribution in [0.1, 0.15) is 20.9 Å². The lowest BCUT2D eigenvalue weighted by Gasteiger charge is -2.34. The summed E-state index contributed by atoms with van der Waals surface area (Å²) in [5.74, 6) is -0.0732. The predicted molar refractivity (Wildman–Crippen MR) is 90.1 cm³/mol. The maximum absolute atomic E-state index is 12.5. The SMILES string of the molecule is CS(=O)(=O)c1ccc(C(=O)N2CCN(C(=O)c3ccco3)CC2)cc1. The van der Waals surface area contributed by atoms with Crippen molar-refractivity contribution in [2.45, 2.75) is 4.90 Å². The van der Waals surface area contributed by atoms with Gasteiger partial charge < -0.3 is 14.2 Å². The molecule has 0 radical (unpaired) electrons. The van der Waals surface area contributed by atoms with E-state index in [2.05, 4.69) is 0 Å². The van der Waals surface area contributed by atoms with E-state index in [-0.39, 0.29) is 22.5 Å². The van der Waals surface area contributed by atoms with Gasteiger partial charge in [-0.3, -0.25) is 9.59 Å². The van der Waals surface area contributed by atoms with Crippen LogP contribution in [0.3, 0.4) is 0 Å². The number of carbonyl (C=O) groups is 2. The summed E-state index contributed by atoms with van der Waals surface area (Å²) in [6.07, 6.45) is 2.58. The Balaban J connectivity index is 1.63. The van der Waals surface area contributed by atoms with E-state index in [0.717, 1.165) is 6.26 Å². The highest BCUT2D eigenvalue weighted by Gasteiger charge is 2.26. The Labute approximate surface area is 145 Å². The third-order valence-electron chi connectivity index (χ3n) is 4.12. The van der Waals surface area contributed by atoms with E-state index < -0.39 is 9.84 Å². The summed E-state index contributed by atoms with van der Waals surface area (Å²) < 4.78 is 28.1. The molecule has 132 valence electrons. The molecule has 0 saturated carbocycles. The second-order valence-corrected chi connectivity index (χ2v) is 7.87. The highest BCUT2D eigenvalue weighted by molar-refractivity contribution is 7.90. The van der Waals surface area contributed by atoms with Crippen LogP contribution in [-0.4, -0.2) is 62.5 Å². The zero-order chi connectivity index (χ0) is 18.0. The average Bonchev–Trinajstić information content (AvgIpc) is 3.14. The number of carbonyl (C=O) groups excluding carboxylic acids is 2. The molecular formula is C17H18N2O5S. The standard InChI is InChI=1S/C17H18N2O5S/c1-25(22,23)14-6-4-13(5-7-14)16(20)18-8-10-19(11-9-18)17(21)15-3-2-12-24-15/h2-7,12H,8-11H2,1H3. The van der Waals surface area contributed by atoms with Gasteiger partial charge in [-0.1, -0.05) is 0 Å². The molecule has 1 aromatic heterocycles. The van der Waals surface area contributed by atoms with Crippen LogP contribution in [-0.2, 0) is 9.84 Å². The zero-order valence-electron chi connectivity index (χ0n) is 13.7. The number of benzene rings is 1. The molecule has 8 heteroatoms. The number of nitrogens with zero attached hydrogens (tertiary/aromatic N) is 2. The first-order chi connectivity index (χ1) is 11.9. The van der Waals surface area contributed by atoms with Gasteiger partial charge in [-0.2, -0.15) is 0 Å². The van der Waals surface area contributed by atoms with E-state index in [4.69, 9.17) is 4.42 Å². The molecule has 7 nitrogen and oxygen atoms in total. The lowest BCUT2D eigenvalue weighted by atomic mass is 10.2. The summed E-state index contributed by atoms with van der Waals surface area (Å²) in [5.41, 5.74) is 0.429. The summed E-state index contributed by atoms with van der Waals surface area (Å²) in [6, 6.07) is 9.16. The fourth-order valence-electron chi connectivity index (χ4n) is 2.70. The maximum Gasteiger partial charge on any atom is 0.289 e. The van der Waals surface area contributed by atoms with Gasteiger partial charge in [0.2, 0.25) is 0 Å². The van der Waals surface area contributed by atoms with Gasteiger partial charge in [-0.05, 0) is 36.4 Å².